The van der Waals surface area contributed by atoms with Crippen LogP contribution in [-0.4, -0.2) is 0 Å². The van der Waals surface area contributed by atoms with Crippen molar-refractivity contribution < 1.29 is 0 Å². The fourth-order valence-corrected chi connectivity index (χ4v) is 2.35. The van der Waals surface area contributed by atoms with Crippen LogP contribution in [0.5, 0.6) is 0 Å². The molecule has 1 aromatic heterocycles. The van der Waals surface area contributed by atoms with Crippen molar-refractivity contribution in [1.29, 1.82) is 0 Å². The zero-order chi connectivity index (χ0) is 9.10. The van der Waals surface area contributed by atoms with Crippen molar-refractivity contribution in [1.82, 2.24) is 0 Å². The Morgan fingerprint density at radius 1 is 1.46 bits per heavy atom. The van der Waals surface area contributed by atoms with Gasteiger partial charge in [-0.15, -0.1) is 11.3 Å². The van der Waals surface area contributed by atoms with Crippen LogP contribution in [0.2, 0.25) is 0 Å². The fraction of sp³-hybridized carbons (Fsp3) is 0.167. The van der Waals surface area contributed by atoms with Crippen LogP contribution in [0.3, 0.4) is 0 Å². The predicted molar refractivity (Wildman–Crippen MR) is 60.8 cm³/mol. The van der Waals surface area contributed by atoms with Gasteiger partial charge in [-0.2, -0.15) is 0 Å². The van der Waals surface area contributed by atoms with Gasteiger partial charge in [-0.3, -0.25) is 0 Å². The highest BCUT2D eigenvalue weighted by atomic mass is 32.1. The molecule has 0 atom stereocenters. The lowest BCUT2D eigenvalue weighted by Crippen LogP contribution is -1.71. The summed E-state index contributed by atoms with van der Waals surface area (Å²) >= 11 is 1.83. The average molecular weight is 188 g/mol. The van der Waals surface area contributed by atoms with Gasteiger partial charge >= 0.3 is 0 Å². The van der Waals surface area contributed by atoms with Crippen LogP contribution in [0.1, 0.15) is 23.8 Å². The first-order valence-corrected chi connectivity index (χ1v) is 5.35. The molecular formula is C12H12S. The third kappa shape index (κ3) is 1.81. The molecule has 0 fully saturated rings. The molecule has 0 saturated carbocycles. The molecule has 66 valence electrons. The molecule has 13 heavy (non-hydrogen) atoms. The second-order valence-corrected chi connectivity index (χ2v) is 3.98. The Balaban J connectivity index is 2.22. The van der Waals surface area contributed by atoms with E-state index in [1.165, 1.54) is 16.0 Å². The van der Waals surface area contributed by atoms with Gasteiger partial charge < -0.3 is 0 Å². The van der Waals surface area contributed by atoms with Gasteiger partial charge in [-0.1, -0.05) is 30.4 Å². The van der Waals surface area contributed by atoms with Crippen molar-refractivity contribution in [2.75, 3.05) is 0 Å². The molecule has 0 aliphatic heterocycles. The molecule has 0 radical (unpaired) electrons. The molecule has 0 saturated heterocycles. The first kappa shape index (κ1) is 8.52. The van der Waals surface area contributed by atoms with E-state index in [9.17, 15) is 0 Å². The summed E-state index contributed by atoms with van der Waals surface area (Å²) in [6.07, 6.45) is 11.8. The van der Waals surface area contributed by atoms with Crippen molar-refractivity contribution in [3.63, 3.8) is 0 Å². The maximum absolute atomic E-state index is 2.25. The third-order valence-corrected chi connectivity index (χ3v) is 3.09. The van der Waals surface area contributed by atoms with Gasteiger partial charge in [0, 0.05) is 4.88 Å². The minimum atomic E-state index is 1.09. The quantitative estimate of drug-likeness (QED) is 0.654. The van der Waals surface area contributed by atoms with Crippen LogP contribution in [-0.2, 0) is 0 Å². The molecule has 1 heterocycles. The lowest BCUT2D eigenvalue weighted by Gasteiger charge is -1.93. The predicted octanol–water partition coefficient (Wildman–Crippen LogP) is 4.12. The van der Waals surface area contributed by atoms with Crippen molar-refractivity contribution in [2.45, 2.75) is 13.3 Å². The summed E-state index contributed by atoms with van der Waals surface area (Å²) in [6, 6.07) is 2.25. The standard InChI is InChI=1S/C12H12S/c1-2-5-10-8-12(13-9-10)11-6-3-4-7-11/h2-6,8-9H,7H2,1H3/b5-2+. The fourth-order valence-electron chi connectivity index (χ4n) is 1.43. The van der Waals surface area contributed by atoms with Crippen molar-refractivity contribution in [2.24, 2.45) is 0 Å². The second kappa shape index (κ2) is 3.75. The number of rotatable bonds is 2. The minimum absolute atomic E-state index is 1.09. The summed E-state index contributed by atoms with van der Waals surface area (Å²) in [5.74, 6) is 0. The van der Waals surface area contributed by atoms with Crippen LogP contribution in [0.4, 0.5) is 0 Å². The Hall–Kier alpha value is -1.08. The van der Waals surface area contributed by atoms with E-state index in [0.29, 0.717) is 0 Å². The maximum atomic E-state index is 2.25. The molecular weight excluding hydrogens is 176 g/mol. The van der Waals surface area contributed by atoms with Gasteiger partial charge in [-0.25, -0.2) is 0 Å². The monoisotopic (exact) mass is 188 g/mol. The lowest BCUT2D eigenvalue weighted by molar-refractivity contribution is 1.47. The van der Waals surface area contributed by atoms with E-state index in [2.05, 4.69) is 41.8 Å². The Bertz CT molecular complexity index is 378. The Morgan fingerprint density at radius 2 is 2.38 bits per heavy atom. The molecule has 0 bridgehead atoms. The SMILES string of the molecule is C/C=C/c1csc(C2=CC=CC2)c1. The summed E-state index contributed by atoms with van der Waals surface area (Å²) in [7, 11) is 0. The summed E-state index contributed by atoms with van der Waals surface area (Å²) in [4.78, 5) is 1.40. The number of hydrogen-bond acceptors (Lipinski definition) is 1. The highest BCUT2D eigenvalue weighted by Gasteiger charge is 2.04. The van der Waals surface area contributed by atoms with Crippen LogP contribution in [0, 0.1) is 0 Å². The van der Waals surface area contributed by atoms with Crippen molar-refractivity contribution in [3.8, 4) is 0 Å². The summed E-state index contributed by atoms with van der Waals surface area (Å²) in [6.45, 7) is 2.05. The molecule has 0 unspecified atom stereocenters. The van der Waals surface area contributed by atoms with Gasteiger partial charge in [0.1, 0.15) is 0 Å². The Labute approximate surface area is 82.9 Å². The summed E-state index contributed by atoms with van der Waals surface area (Å²) in [5, 5.41) is 2.20. The molecule has 0 nitrogen and oxygen atoms in total. The lowest BCUT2D eigenvalue weighted by atomic mass is 10.2. The van der Waals surface area contributed by atoms with Crippen LogP contribution in [0.15, 0.2) is 35.8 Å². The maximum Gasteiger partial charge on any atom is 0.0311 e. The first-order valence-electron chi connectivity index (χ1n) is 4.47. The van der Waals surface area contributed by atoms with E-state index in [1.54, 1.807) is 0 Å². The number of allylic oxidation sites excluding steroid dienone is 5. The molecule has 1 heteroatoms. The normalized spacial score (nSPS) is 15.6. The zero-order valence-corrected chi connectivity index (χ0v) is 8.47. The minimum Gasteiger partial charge on any atom is -0.144 e. The van der Waals surface area contributed by atoms with Crippen LogP contribution >= 0.6 is 11.3 Å². The molecule has 1 aliphatic rings. The van der Waals surface area contributed by atoms with Gasteiger partial charge in [0.2, 0.25) is 0 Å². The van der Waals surface area contributed by atoms with E-state index in [4.69, 9.17) is 0 Å². The van der Waals surface area contributed by atoms with E-state index in [0.717, 1.165) is 6.42 Å². The highest BCUT2D eigenvalue weighted by molar-refractivity contribution is 7.11. The van der Waals surface area contributed by atoms with Gasteiger partial charge in [0.25, 0.3) is 0 Å². The van der Waals surface area contributed by atoms with E-state index in [1.807, 2.05) is 18.3 Å². The molecule has 0 spiro atoms. The molecule has 0 amide bonds. The number of hydrogen-bond donors (Lipinski definition) is 0. The van der Waals surface area contributed by atoms with E-state index < -0.39 is 0 Å². The van der Waals surface area contributed by atoms with Gasteiger partial charge in [-0.05, 0) is 35.9 Å². The zero-order valence-electron chi connectivity index (χ0n) is 7.66. The van der Waals surface area contributed by atoms with Crippen molar-refractivity contribution in [3.05, 3.63) is 46.2 Å². The average Bonchev–Trinajstić information content (AvgIpc) is 2.70. The Kier molecular flexibility index (Phi) is 2.46. The third-order valence-electron chi connectivity index (χ3n) is 2.07. The molecule has 1 aliphatic carbocycles. The topological polar surface area (TPSA) is 0 Å². The second-order valence-electron chi connectivity index (χ2n) is 3.07. The van der Waals surface area contributed by atoms with Gasteiger partial charge in [0.05, 0.1) is 0 Å². The largest absolute Gasteiger partial charge is 0.144 e. The van der Waals surface area contributed by atoms with Crippen LogP contribution in [0.25, 0.3) is 11.6 Å². The van der Waals surface area contributed by atoms with E-state index in [-0.39, 0.29) is 0 Å². The highest BCUT2D eigenvalue weighted by Crippen LogP contribution is 2.29. The molecule has 1 aromatic rings. The molecule has 2 rings (SSSR count). The molecule has 0 N–H and O–H groups in total. The van der Waals surface area contributed by atoms with Gasteiger partial charge in [0.15, 0.2) is 0 Å². The Morgan fingerprint density at radius 3 is 3.08 bits per heavy atom. The first-order chi connectivity index (χ1) is 6.40. The smallest absolute Gasteiger partial charge is 0.0311 e. The summed E-state index contributed by atoms with van der Waals surface area (Å²) in [5.41, 5.74) is 2.76. The summed E-state index contributed by atoms with van der Waals surface area (Å²) < 4.78 is 0. The number of thiophene rings is 1. The molecule has 0 aromatic carbocycles. The van der Waals surface area contributed by atoms with Crippen LogP contribution < -0.4 is 0 Å². The van der Waals surface area contributed by atoms with Crippen molar-refractivity contribution >= 4 is 23.0 Å². The van der Waals surface area contributed by atoms with E-state index >= 15 is 0 Å².